The lowest BCUT2D eigenvalue weighted by atomic mass is 10.2. The van der Waals surface area contributed by atoms with Crippen LogP contribution in [0, 0.1) is 20.8 Å². The van der Waals surface area contributed by atoms with Crippen molar-refractivity contribution in [3.63, 3.8) is 0 Å². The molecular formula is C13H17BrN4S. The Kier molecular flexibility index (Phi) is 4.10. The highest BCUT2D eigenvalue weighted by Crippen LogP contribution is 2.32. The summed E-state index contributed by atoms with van der Waals surface area (Å²) in [5, 5.41) is 4.49. The van der Waals surface area contributed by atoms with E-state index < -0.39 is 0 Å². The number of anilines is 2. The summed E-state index contributed by atoms with van der Waals surface area (Å²) in [6.45, 7) is 8.14. The van der Waals surface area contributed by atoms with Crippen molar-refractivity contribution in [1.82, 2.24) is 9.97 Å². The van der Waals surface area contributed by atoms with Crippen LogP contribution in [0.3, 0.4) is 0 Å². The van der Waals surface area contributed by atoms with E-state index in [9.17, 15) is 0 Å². The molecule has 0 radical (unpaired) electrons. The third-order valence-electron chi connectivity index (χ3n) is 2.99. The van der Waals surface area contributed by atoms with Crippen LogP contribution in [0.5, 0.6) is 0 Å². The number of nitrogens with two attached hydrogens (primary N) is 1. The summed E-state index contributed by atoms with van der Waals surface area (Å²) in [6.07, 6.45) is 1.68. The number of nitrogens with one attached hydrogen (secondary N) is 1. The van der Waals surface area contributed by atoms with Crippen molar-refractivity contribution in [3.8, 4) is 0 Å². The molecule has 0 aliphatic carbocycles. The van der Waals surface area contributed by atoms with Gasteiger partial charge in [0, 0.05) is 4.88 Å². The van der Waals surface area contributed by atoms with E-state index in [1.807, 2.05) is 20.8 Å². The van der Waals surface area contributed by atoms with Crippen molar-refractivity contribution in [3.05, 3.63) is 31.8 Å². The van der Waals surface area contributed by atoms with Crippen molar-refractivity contribution < 1.29 is 0 Å². The highest BCUT2D eigenvalue weighted by Gasteiger charge is 2.15. The third-order valence-corrected chi connectivity index (χ3v) is 5.21. The molecule has 0 bridgehead atoms. The van der Waals surface area contributed by atoms with E-state index in [-0.39, 0.29) is 6.04 Å². The first-order valence-electron chi connectivity index (χ1n) is 6.01. The molecule has 2 rings (SSSR count). The number of rotatable bonds is 3. The van der Waals surface area contributed by atoms with Crippen molar-refractivity contribution >= 4 is 38.8 Å². The molecular weight excluding hydrogens is 324 g/mol. The molecule has 4 nitrogen and oxygen atoms in total. The molecule has 6 heteroatoms. The van der Waals surface area contributed by atoms with Gasteiger partial charge in [-0.25, -0.2) is 9.97 Å². The van der Waals surface area contributed by atoms with Crippen LogP contribution < -0.4 is 11.1 Å². The molecule has 0 aromatic carbocycles. The normalized spacial score (nSPS) is 12.5. The minimum Gasteiger partial charge on any atom is -0.397 e. The highest BCUT2D eigenvalue weighted by molar-refractivity contribution is 9.10. The number of nitrogen functional groups attached to an aromatic ring is 1. The van der Waals surface area contributed by atoms with Gasteiger partial charge < -0.3 is 11.1 Å². The van der Waals surface area contributed by atoms with Crippen LogP contribution >= 0.6 is 27.3 Å². The van der Waals surface area contributed by atoms with E-state index in [0.717, 1.165) is 26.6 Å². The Labute approximate surface area is 125 Å². The fourth-order valence-electron chi connectivity index (χ4n) is 1.91. The third kappa shape index (κ3) is 2.90. The minimum atomic E-state index is 0.165. The maximum Gasteiger partial charge on any atom is 0.141 e. The monoisotopic (exact) mass is 340 g/mol. The van der Waals surface area contributed by atoms with Gasteiger partial charge in [0.1, 0.15) is 5.82 Å². The van der Waals surface area contributed by atoms with Gasteiger partial charge in [-0.15, -0.1) is 11.3 Å². The number of halogens is 1. The summed E-state index contributed by atoms with van der Waals surface area (Å²) in [5.74, 6) is 0.810. The first-order chi connectivity index (χ1) is 8.90. The smallest absolute Gasteiger partial charge is 0.141 e. The van der Waals surface area contributed by atoms with E-state index in [1.54, 1.807) is 17.5 Å². The van der Waals surface area contributed by atoms with Gasteiger partial charge in [0.25, 0.3) is 0 Å². The molecule has 0 fully saturated rings. The Hall–Kier alpha value is -1.14. The number of aryl methyl sites for hydroxylation is 2. The minimum absolute atomic E-state index is 0.165. The van der Waals surface area contributed by atoms with E-state index in [1.165, 1.54) is 4.88 Å². The molecule has 0 saturated heterocycles. The second-order valence-corrected chi connectivity index (χ2v) is 6.58. The fourth-order valence-corrected chi connectivity index (χ4v) is 3.29. The number of thiazole rings is 1. The summed E-state index contributed by atoms with van der Waals surface area (Å²) in [7, 11) is 0. The molecule has 3 N–H and O–H groups in total. The lowest BCUT2D eigenvalue weighted by Crippen LogP contribution is -2.09. The van der Waals surface area contributed by atoms with Gasteiger partial charge in [0.2, 0.25) is 0 Å². The van der Waals surface area contributed by atoms with Gasteiger partial charge in [-0.3, -0.25) is 0 Å². The molecule has 0 saturated carbocycles. The zero-order valence-electron chi connectivity index (χ0n) is 11.4. The van der Waals surface area contributed by atoms with Gasteiger partial charge in [-0.1, -0.05) is 0 Å². The molecule has 1 unspecified atom stereocenters. The Bertz CT molecular complexity index is 609. The average molecular weight is 341 g/mol. The summed E-state index contributed by atoms with van der Waals surface area (Å²) in [4.78, 5) is 10.0. The molecule has 2 aromatic heterocycles. The first-order valence-corrected chi connectivity index (χ1v) is 7.62. The number of hydrogen-bond donors (Lipinski definition) is 2. The van der Waals surface area contributed by atoms with Crippen LogP contribution in [0.25, 0.3) is 0 Å². The second kappa shape index (κ2) is 5.46. The van der Waals surface area contributed by atoms with Gasteiger partial charge in [-0.2, -0.15) is 0 Å². The van der Waals surface area contributed by atoms with Crippen molar-refractivity contribution in [1.29, 1.82) is 0 Å². The molecule has 0 amide bonds. The van der Waals surface area contributed by atoms with E-state index in [2.05, 4.69) is 38.1 Å². The topological polar surface area (TPSA) is 63.8 Å². The van der Waals surface area contributed by atoms with E-state index >= 15 is 0 Å². The lowest BCUT2D eigenvalue weighted by molar-refractivity contribution is 0.877. The molecule has 0 spiro atoms. The van der Waals surface area contributed by atoms with Crippen LogP contribution in [0.4, 0.5) is 11.5 Å². The Morgan fingerprint density at radius 1 is 1.37 bits per heavy atom. The maximum atomic E-state index is 5.83. The Morgan fingerprint density at radius 2 is 2.05 bits per heavy atom. The predicted molar refractivity (Wildman–Crippen MR) is 84.7 cm³/mol. The first kappa shape index (κ1) is 14.3. The van der Waals surface area contributed by atoms with Gasteiger partial charge in [0.15, 0.2) is 0 Å². The number of hydrogen-bond acceptors (Lipinski definition) is 5. The maximum absolute atomic E-state index is 5.83. The molecule has 2 heterocycles. The van der Waals surface area contributed by atoms with E-state index in [4.69, 9.17) is 5.73 Å². The van der Waals surface area contributed by atoms with Crippen LogP contribution in [0.1, 0.15) is 34.1 Å². The van der Waals surface area contributed by atoms with Crippen molar-refractivity contribution in [2.24, 2.45) is 0 Å². The van der Waals surface area contributed by atoms with E-state index in [0.29, 0.717) is 5.69 Å². The Morgan fingerprint density at radius 3 is 2.63 bits per heavy atom. The van der Waals surface area contributed by atoms with Crippen LogP contribution in [-0.4, -0.2) is 9.97 Å². The summed E-state index contributed by atoms with van der Waals surface area (Å²) in [6, 6.07) is 0.165. The molecule has 0 aliphatic heterocycles. The summed E-state index contributed by atoms with van der Waals surface area (Å²) >= 11 is 5.25. The van der Waals surface area contributed by atoms with Crippen LogP contribution in [0.15, 0.2) is 10.7 Å². The lowest BCUT2D eigenvalue weighted by Gasteiger charge is -2.16. The molecule has 2 aromatic rings. The predicted octanol–water partition coefficient (Wildman–Crippen LogP) is 3.98. The van der Waals surface area contributed by atoms with Crippen LogP contribution in [0.2, 0.25) is 0 Å². The Balaban J connectivity index is 2.27. The number of nitrogens with zero attached hydrogens (tertiary/aromatic N) is 2. The zero-order valence-corrected chi connectivity index (χ0v) is 13.8. The van der Waals surface area contributed by atoms with Crippen molar-refractivity contribution in [2.75, 3.05) is 11.1 Å². The SMILES string of the molecule is Cc1nc(C)c(C(C)Nc2ncc(N)c(C)c2Br)s1. The highest BCUT2D eigenvalue weighted by atomic mass is 79.9. The van der Waals surface area contributed by atoms with Gasteiger partial charge in [-0.05, 0) is 49.2 Å². The van der Waals surface area contributed by atoms with Gasteiger partial charge >= 0.3 is 0 Å². The molecule has 0 aliphatic rings. The summed E-state index contributed by atoms with van der Waals surface area (Å²) < 4.78 is 0.915. The molecule has 1 atom stereocenters. The largest absolute Gasteiger partial charge is 0.397 e. The quantitative estimate of drug-likeness (QED) is 0.886. The van der Waals surface area contributed by atoms with Gasteiger partial charge in [0.05, 0.1) is 33.1 Å². The second-order valence-electron chi connectivity index (χ2n) is 4.55. The molecule has 19 heavy (non-hydrogen) atoms. The zero-order chi connectivity index (χ0) is 14.2. The van der Waals surface area contributed by atoms with Crippen molar-refractivity contribution in [2.45, 2.75) is 33.7 Å². The fraction of sp³-hybridized carbons (Fsp3) is 0.385. The summed E-state index contributed by atoms with van der Waals surface area (Å²) in [5.41, 5.74) is 8.60. The van der Waals surface area contributed by atoms with Crippen LogP contribution in [-0.2, 0) is 0 Å². The number of aromatic nitrogens is 2. The number of pyridine rings is 1. The average Bonchev–Trinajstić information content (AvgIpc) is 2.69. The molecule has 102 valence electrons. The standard InChI is InChI=1S/C13H17BrN4S/c1-6-10(15)5-16-13(11(6)14)18-8(3)12-7(2)17-9(4)19-12/h5,8H,15H2,1-4H3,(H,16,18).